The van der Waals surface area contributed by atoms with E-state index in [1.54, 1.807) is 0 Å². The largest absolute Gasteiger partial charge is 0.322 e. The van der Waals surface area contributed by atoms with E-state index in [4.69, 9.17) is 0 Å². The highest BCUT2D eigenvalue weighted by Gasteiger charge is 2.27. The van der Waals surface area contributed by atoms with Crippen LogP contribution in [0.25, 0.3) is 0 Å². The summed E-state index contributed by atoms with van der Waals surface area (Å²) in [5, 5.41) is 2.70. The van der Waals surface area contributed by atoms with E-state index in [0.29, 0.717) is 6.54 Å². The molecule has 0 bridgehead atoms. The van der Waals surface area contributed by atoms with E-state index in [0.717, 1.165) is 37.7 Å². The van der Waals surface area contributed by atoms with Crippen LogP contribution in [-0.2, 0) is 6.54 Å². The van der Waals surface area contributed by atoms with Gasteiger partial charge < -0.3 is 15.1 Å². The lowest BCUT2D eigenvalue weighted by Gasteiger charge is -2.37. The van der Waals surface area contributed by atoms with Crippen molar-refractivity contribution in [3.8, 4) is 0 Å². The van der Waals surface area contributed by atoms with Crippen molar-refractivity contribution in [1.29, 1.82) is 0 Å². The topological polar surface area (TPSA) is 48.5 Å². The summed E-state index contributed by atoms with van der Waals surface area (Å²) in [7, 11) is 2.09. The van der Waals surface area contributed by atoms with Gasteiger partial charge in [0.05, 0.1) is 11.9 Å². The third-order valence-corrected chi connectivity index (χ3v) is 4.60. The molecule has 0 saturated carbocycles. The van der Waals surface area contributed by atoms with Gasteiger partial charge >= 0.3 is 6.03 Å². The number of carbonyl (C=O) groups excluding carboxylic acids is 1. The molecule has 2 amide bonds. The van der Waals surface area contributed by atoms with E-state index in [1.807, 2.05) is 35.2 Å². The number of nitrogens with zero attached hydrogens (tertiary/aromatic N) is 3. The summed E-state index contributed by atoms with van der Waals surface area (Å²) in [6.45, 7) is 2.41. The molecule has 1 aromatic heterocycles. The lowest BCUT2D eigenvalue weighted by Crippen LogP contribution is -2.47. The fourth-order valence-corrected chi connectivity index (χ4v) is 3.12. The number of anilines is 1. The van der Waals surface area contributed by atoms with Crippen molar-refractivity contribution >= 4 is 11.7 Å². The Labute approximate surface area is 147 Å². The number of benzene rings is 1. The summed E-state index contributed by atoms with van der Waals surface area (Å²) in [4.78, 5) is 20.7. The Morgan fingerprint density at radius 2 is 2.00 bits per heavy atom. The maximum atomic E-state index is 13.8. The summed E-state index contributed by atoms with van der Waals surface area (Å²) in [6.07, 6.45) is 4.40. The highest BCUT2D eigenvalue weighted by Crippen LogP contribution is 2.20. The number of hydrogen-bond acceptors (Lipinski definition) is 3. The molecule has 1 fully saturated rings. The zero-order valence-electron chi connectivity index (χ0n) is 14.4. The number of nitrogens with one attached hydrogen (secondary N) is 1. The van der Waals surface area contributed by atoms with Gasteiger partial charge in [-0.1, -0.05) is 30.3 Å². The Balaban J connectivity index is 1.77. The van der Waals surface area contributed by atoms with E-state index in [9.17, 15) is 9.18 Å². The first-order valence-corrected chi connectivity index (χ1v) is 8.53. The lowest BCUT2D eigenvalue weighted by atomic mass is 10.0. The Hall–Kier alpha value is -2.47. The van der Waals surface area contributed by atoms with Gasteiger partial charge in [-0.25, -0.2) is 9.18 Å². The van der Waals surface area contributed by atoms with E-state index < -0.39 is 5.82 Å². The minimum Gasteiger partial charge on any atom is -0.317 e. The first-order valence-electron chi connectivity index (χ1n) is 8.53. The van der Waals surface area contributed by atoms with Crippen LogP contribution < -0.4 is 5.32 Å². The fraction of sp³-hybridized carbons (Fsp3) is 0.368. The Morgan fingerprint density at radius 3 is 2.68 bits per heavy atom. The fourth-order valence-electron chi connectivity index (χ4n) is 3.12. The lowest BCUT2D eigenvalue weighted by molar-refractivity contribution is 0.135. The molecule has 0 unspecified atom stereocenters. The predicted octanol–water partition coefficient (Wildman–Crippen LogP) is 3.35. The molecule has 1 aliphatic heterocycles. The van der Waals surface area contributed by atoms with Crippen molar-refractivity contribution in [3.05, 3.63) is 60.2 Å². The monoisotopic (exact) mass is 342 g/mol. The molecule has 1 saturated heterocycles. The zero-order chi connectivity index (χ0) is 17.6. The summed E-state index contributed by atoms with van der Waals surface area (Å²) in [5.41, 5.74) is 1.22. The number of likely N-dealkylation sites (tertiary alicyclic amines) is 1. The predicted molar refractivity (Wildman–Crippen MR) is 95.7 cm³/mol. The Kier molecular flexibility index (Phi) is 5.60. The van der Waals surface area contributed by atoms with Gasteiger partial charge in [-0.2, -0.15) is 0 Å². The molecular weight excluding hydrogens is 319 g/mol. The molecule has 0 radical (unpaired) electrons. The van der Waals surface area contributed by atoms with Crippen LogP contribution in [0.15, 0.2) is 48.8 Å². The van der Waals surface area contributed by atoms with Gasteiger partial charge in [-0.05, 0) is 44.6 Å². The van der Waals surface area contributed by atoms with E-state index in [-0.39, 0.29) is 17.8 Å². The van der Waals surface area contributed by atoms with Gasteiger partial charge in [0, 0.05) is 18.8 Å². The van der Waals surface area contributed by atoms with Crippen LogP contribution in [0, 0.1) is 5.82 Å². The summed E-state index contributed by atoms with van der Waals surface area (Å²) in [5.74, 6) is -0.529. The first kappa shape index (κ1) is 17.4. The molecule has 25 heavy (non-hydrogen) atoms. The van der Waals surface area contributed by atoms with E-state index in [1.165, 1.54) is 12.3 Å². The normalized spacial score (nSPS) is 15.8. The highest BCUT2D eigenvalue weighted by molar-refractivity contribution is 5.89. The molecule has 0 spiro atoms. The summed E-state index contributed by atoms with van der Waals surface area (Å²) < 4.78 is 13.8. The molecular formula is C19H23FN4O. The molecule has 1 aliphatic rings. The maximum Gasteiger partial charge on any atom is 0.322 e. The van der Waals surface area contributed by atoms with Crippen molar-refractivity contribution in [1.82, 2.24) is 14.8 Å². The number of amides is 2. The summed E-state index contributed by atoms with van der Waals surface area (Å²) in [6, 6.07) is 11.2. The Morgan fingerprint density at radius 1 is 1.28 bits per heavy atom. The molecule has 6 heteroatoms. The maximum absolute atomic E-state index is 13.8. The number of pyridine rings is 1. The molecule has 132 valence electrons. The van der Waals surface area contributed by atoms with Gasteiger partial charge in [0.25, 0.3) is 0 Å². The van der Waals surface area contributed by atoms with Gasteiger partial charge in [0.2, 0.25) is 0 Å². The molecule has 3 rings (SSSR count). The summed E-state index contributed by atoms with van der Waals surface area (Å²) >= 11 is 0. The zero-order valence-corrected chi connectivity index (χ0v) is 14.4. The second-order valence-corrected chi connectivity index (χ2v) is 6.43. The second-order valence-electron chi connectivity index (χ2n) is 6.43. The standard InChI is InChI=1S/C19H23FN4O/c1-23-11-8-16(9-12-23)24(14-15-5-3-2-4-6-15)19(25)22-18-7-10-21-13-17(18)20/h2-7,10,13,16H,8-9,11-12,14H2,1H3,(H,21,22,25). The molecule has 1 N–H and O–H groups in total. The number of carbonyl (C=O) groups is 1. The average Bonchev–Trinajstić information content (AvgIpc) is 2.63. The smallest absolute Gasteiger partial charge is 0.317 e. The van der Waals surface area contributed by atoms with Crippen molar-refractivity contribution in [3.63, 3.8) is 0 Å². The second kappa shape index (κ2) is 8.07. The Bertz CT molecular complexity index is 702. The van der Waals surface area contributed by atoms with Gasteiger partial charge in [0.15, 0.2) is 5.82 Å². The van der Waals surface area contributed by atoms with Crippen molar-refractivity contribution in [2.24, 2.45) is 0 Å². The third kappa shape index (κ3) is 4.54. The number of halogens is 1. The SMILES string of the molecule is CN1CCC(N(Cc2ccccc2)C(=O)Nc2ccncc2F)CC1. The van der Waals surface area contributed by atoms with E-state index >= 15 is 0 Å². The van der Waals surface area contributed by atoms with Crippen molar-refractivity contribution in [2.45, 2.75) is 25.4 Å². The first-order chi connectivity index (χ1) is 12.1. The minimum absolute atomic E-state index is 0.140. The van der Waals surface area contributed by atoms with Crippen LogP contribution in [0.2, 0.25) is 0 Å². The molecule has 0 atom stereocenters. The third-order valence-electron chi connectivity index (χ3n) is 4.60. The van der Waals surface area contributed by atoms with Crippen LogP contribution in [-0.4, -0.2) is 47.0 Å². The van der Waals surface area contributed by atoms with Crippen molar-refractivity contribution in [2.75, 3.05) is 25.5 Å². The van der Waals surface area contributed by atoms with Crippen LogP contribution in [0.1, 0.15) is 18.4 Å². The number of hydrogen-bond donors (Lipinski definition) is 1. The van der Waals surface area contributed by atoms with Crippen molar-refractivity contribution < 1.29 is 9.18 Å². The van der Waals surface area contributed by atoms with Crippen LogP contribution in [0.4, 0.5) is 14.9 Å². The van der Waals surface area contributed by atoms with Crippen LogP contribution in [0.5, 0.6) is 0 Å². The molecule has 2 aromatic rings. The number of urea groups is 1. The van der Waals surface area contributed by atoms with Gasteiger partial charge in [-0.3, -0.25) is 4.98 Å². The molecule has 0 aliphatic carbocycles. The van der Waals surface area contributed by atoms with E-state index in [2.05, 4.69) is 22.2 Å². The number of rotatable bonds is 4. The van der Waals surface area contributed by atoms with Gasteiger partial charge in [-0.15, -0.1) is 0 Å². The van der Waals surface area contributed by atoms with Crippen LogP contribution in [0.3, 0.4) is 0 Å². The highest BCUT2D eigenvalue weighted by atomic mass is 19.1. The number of piperidine rings is 1. The average molecular weight is 342 g/mol. The van der Waals surface area contributed by atoms with Gasteiger partial charge in [0.1, 0.15) is 0 Å². The number of aromatic nitrogens is 1. The molecule has 1 aromatic carbocycles. The molecule has 2 heterocycles. The van der Waals surface area contributed by atoms with Crippen LogP contribution >= 0.6 is 0 Å². The molecule has 5 nitrogen and oxygen atoms in total. The minimum atomic E-state index is -0.529. The quantitative estimate of drug-likeness (QED) is 0.927.